The number of benzene rings is 3. The highest BCUT2D eigenvalue weighted by atomic mass is 16.7. The van der Waals surface area contributed by atoms with Crippen LogP contribution in [0.4, 0.5) is 0 Å². The second-order valence-electron chi connectivity index (χ2n) is 9.45. The summed E-state index contributed by atoms with van der Waals surface area (Å²) in [5.74, 6) is -1.51. The average molecular weight is 493 g/mol. The third kappa shape index (κ3) is 6.59. The molecule has 4 rings (SSSR count). The summed E-state index contributed by atoms with van der Waals surface area (Å²) < 4.78 is 25.3. The van der Waals surface area contributed by atoms with Crippen molar-refractivity contribution in [1.29, 1.82) is 0 Å². The van der Waals surface area contributed by atoms with Crippen molar-refractivity contribution in [2.24, 2.45) is 0 Å². The second-order valence-corrected chi connectivity index (χ2v) is 9.45. The van der Waals surface area contributed by atoms with Crippen LogP contribution in [-0.4, -0.2) is 53.1 Å². The van der Waals surface area contributed by atoms with Crippen molar-refractivity contribution < 1.29 is 29.2 Å². The van der Waals surface area contributed by atoms with E-state index in [-0.39, 0.29) is 19.3 Å². The maximum atomic E-state index is 11.5. The number of ether oxygens (including phenoxy) is 4. The highest BCUT2D eigenvalue weighted by molar-refractivity contribution is 5.18. The number of hydrogen-bond donors (Lipinski definition) is 2. The monoisotopic (exact) mass is 492 g/mol. The summed E-state index contributed by atoms with van der Waals surface area (Å²) in [6, 6.07) is 29.3. The first-order chi connectivity index (χ1) is 17.5. The minimum Gasteiger partial charge on any atom is -0.391 e. The van der Waals surface area contributed by atoms with Gasteiger partial charge in [-0.05, 0) is 30.5 Å². The van der Waals surface area contributed by atoms with Crippen molar-refractivity contribution in [3.63, 3.8) is 0 Å². The van der Waals surface area contributed by atoms with Crippen molar-refractivity contribution in [1.82, 2.24) is 0 Å². The fourth-order valence-corrected chi connectivity index (χ4v) is 4.64. The molecular weight excluding hydrogens is 456 g/mol. The Kier molecular flexibility index (Phi) is 9.26. The average Bonchev–Trinajstić information content (AvgIpc) is 2.90. The molecule has 1 fully saturated rings. The highest BCUT2D eigenvalue weighted by Crippen LogP contribution is 2.37. The molecule has 0 spiro atoms. The molecule has 0 bridgehead atoms. The molecule has 0 amide bonds. The van der Waals surface area contributed by atoms with E-state index in [1.54, 1.807) is 0 Å². The van der Waals surface area contributed by atoms with Gasteiger partial charge in [0.15, 0.2) is 0 Å². The van der Waals surface area contributed by atoms with Gasteiger partial charge in [-0.15, -0.1) is 0 Å². The van der Waals surface area contributed by atoms with Gasteiger partial charge in [0.05, 0.1) is 25.4 Å². The summed E-state index contributed by atoms with van der Waals surface area (Å²) in [5, 5.41) is 22.2. The van der Waals surface area contributed by atoms with Gasteiger partial charge >= 0.3 is 0 Å². The molecule has 0 radical (unpaired) electrons. The van der Waals surface area contributed by atoms with Crippen molar-refractivity contribution in [3.8, 4) is 0 Å². The first-order valence-corrected chi connectivity index (χ1v) is 12.5. The van der Waals surface area contributed by atoms with Gasteiger partial charge in [0.25, 0.3) is 0 Å². The molecule has 1 heterocycles. The van der Waals surface area contributed by atoms with E-state index in [9.17, 15) is 10.2 Å². The molecule has 1 unspecified atom stereocenters. The summed E-state index contributed by atoms with van der Waals surface area (Å²) in [5.41, 5.74) is 2.93. The molecule has 0 aromatic heterocycles. The minimum atomic E-state index is -1.51. The van der Waals surface area contributed by atoms with Crippen LogP contribution in [0.25, 0.3) is 0 Å². The summed E-state index contributed by atoms with van der Waals surface area (Å²) >= 11 is 0. The lowest BCUT2D eigenvalue weighted by Crippen LogP contribution is -2.69. The van der Waals surface area contributed by atoms with Crippen LogP contribution < -0.4 is 0 Å². The van der Waals surface area contributed by atoms with Crippen LogP contribution in [0.2, 0.25) is 0 Å². The molecule has 192 valence electrons. The molecular formula is C30H36O6. The molecule has 6 nitrogen and oxygen atoms in total. The van der Waals surface area contributed by atoms with E-state index in [4.69, 9.17) is 18.9 Å². The van der Waals surface area contributed by atoms with Gasteiger partial charge in [0.1, 0.15) is 24.9 Å². The van der Waals surface area contributed by atoms with Gasteiger partial charge in [-0.25, -0.2) is 0 Å². The van der Waals surface area contributed by atoms with Gasteiger partial charge in [-0.2, -0.15) is 0 Å². The molecule has 0 saturated carbocycles. The number of aliphatic hydroxyl groups is 2. The van der Waals surface area contributed by atoms with E-state index in [0.717, 1.165) is 16.7 Å². The molecule has 1 aliphatic heterocycles. The van der Waals surface area contributed by atoms with Gasteiger partial charge < -0.3 is 29.2 Å². The van der Waals surface area contributed by atoms with Crippen molar-refractivity contribution in [2.75, 3.05) is 6.61 Å². The minimum absolute atomic E-state index is 0.249. The Labute approximate surface area is 213 Å². The zero-order valence-corrected chi connectivity index (χ0v) is 20.9. The van der Waals surface area contributed by atoms with E-state index in [2.05, 4.69) is 0 Å². The first-order valence-electron chi connectivity index (χ1n) is 12.5. The molecule has 1 aliphatic rings. The topological polar surface area (TPSA) is 77.4 Å². The van der Waals surface area contributed by atoms with Crippen LogP contribution in [0.5, 0.6) is 0 Å². The second kappa shape index (κ2) is 12.6. The SMILES string of the molecule is CC(C)O[C@]1(CO)OC(Cc2ccccc2)[C@@H](O)[C@@H](OCc2ccccc2)[C@@H]1OCc1ccccc1. The van der Waals surface area contributed by atoms with Crippen LogP contribution in [0.1, 0.15) is 30.5 Å². The van der Waals surface area contributed by atoms with Crippen molar-refractivity contribution in [2.45, 2.75) is 69.8 Å². The zero-order valence-electron chi connectivity index (χ0n) is 20.9. The fourth-order valence-electron chi connectivity index (χ4n) is 4.64. The Morgan fingerprint density at radius 1 is 0.778 bits per heavy atom. The van der Waals surface area contributed by atoms with Gasteiger partial charge in [0, 0.05) is 6.42 Å². The van der Waals surface area contributed by atoms with Crippen LogP contribution in [0, 0.1) is 0 Å². The van der Waals surface area contributed by atoms with E-state index in [1.165, 1.54) is 0 Å². The highest BCUT2D eigenvalue weighted by Gasteiger charge is 2.57. The Morgan fingerprint density at radius 3 is 1.78 bits per heavy atom. The molecule has 3 aromatic rings. The normalized spacial score (nSPS) is 26.2. The van der Waals surface area contributed by atoms with Gasteiger partial charge in [-0.3, -0.25) is 0 Å². The van der Waals surface area contributed by atoms with E-state index < -0.39 is 36.8 Å². The predicted octanol–water partition coefficient (Wildman–Crippen LogP) is 4.27. The van der Waals surface area contributed by atoms with E-state index in [0.29, 0.717) is 6.42 Å². The summed E-state index contributed by atoms with van der Waals surface area (Å²) in [7, 11) is 0. The Morgan fingerprint density at radius 2 is 1.28 bits per heavy atom. The van der Waals surface area contributed by atoms with Crippen LogP contribution in [-0.2, 0) is 38.6 Å². The van der Waals surface area contributed by atoms with Crippen LogP contribution >= 0.6 is 0 Å². The first kappa shape index (κ1) is 26.5. The molecule has 6 heteroatoms. The standard InChI is InChI=1S/C30H36O6/c1-22(2)35-30(21-31)29(34-20-25-16-10-5-11-17-25)28(33-19-24-14-8-4-9-15-24)27(32)26(36-30)18-23-12-6-3-7-13-23/h3-17,22,26-29,31-32H,18-21H2,1-2H3/t26?,27-,28-,29+,30-/m1/s1. The summed E-state index contributed by atoms with van der Waals surface area (Å²) in [4.78, 5) is 0. The Bertz CT molecular complexity index is 1030. The predicted molar refractivity (Wildman–Crippen MR) is 137 cm³/mol. The molecule has 1 saturated heterocycles. The molecule has 3 aromatic carbocycles. The maximum Gasteiger partial charge on any atom is 0.222 e. The van der Waals surface area contributed by atoms with Crippen LogP contribution in [0.3, 0.4) is 0 Å². The Balaban J connectivity index is 1.66. The number of hydrogen-bond acceptors (Lipinski definition) is 6. The quantitative estimate of drug-likeness (QED) is 0.416. The largest absolute Gasteiger partial charge is 0.391 e. The molecule has 2 N–H and O–H groups in total. The Hall–Kier alpha value is -2.58. The number of rotatable bonds is 11. The summed E-state index contributed by atoms with van der Waals surface area (Å²) in [6.07, 6.45) is -3.19. The van der Waals surface area contributed by atoms with E-state index >= 15 is 0 Å². The molecule has 5 atom stereocenters. The van der Waals surface area contributed by atoms with Gasteiger partial charge in [0.2, 0.25) is 5.79 Å². The maximum absolute atomic E-state index is 11.5. The molecule has 36 heavy (non-hydrogen) atoms. The number of aliphatic hydroxyl groups excluding tert-OH is 2. The summed E-state index contributed by atoms with van der Waals surface area (Å²) in [6.45, 7) is 3.83. The molecule has 0 aliphatic carbocycles. The lowest BCUT2D eigenvalue weighted by Gasteiger charge is -2.51. The fraction of sp³-hybridized carbons (Fsp3) is 0.400. The third-order valence-electron chi connectivity index (χ3n) is 6.29. The van der Waals surface area contributed by atoms with E-state index in [1.807, 2.05) is 105 Å². The van der Waals surface area contributed by atoms with Crippen molar-refractivity contribution in [3.05, 3.63) is 108 Å². The van der Waals surface area contributed by atoms with Crippen LogP contribution in [0.15, 0.2) is 91.0 Å². The van der Waals surface area contributed by atoms with Gasteiger partial charge in [-0.1, -0.05) is 91.0 Å². The third-order valence-corrected chi connectivity index (χ3v) is 6.29. The lowest BCUT2D eigenvalue weighted by molar-refractivity contribution is -0.389. The smallest absolute Gasteiger partial charge is 0.222 e. The zero-order chi connectivity index (χ0) is 25.4. The lowest BCUT2D eigenvalue weighted by atomic mass is 9.89. The van der Waals surface area contributed by atoms with Crippen molar-refractivity contribution >= 4 is 0 Å².